The van der Waals surface area contributed by atoms with Gasteiger partial charge in [0.1, 0.15) is 0 Å². The standard InChI is InChI=1S/C13H17N5O/c1-3-14-12-4-9(2)15-8-11(12)13(19)16-5-10-6-17-18-7-10/h4,6-8H,3,5H2,1-2H3,(H,14,15)(H,16,19)(H,17,18). The van der Waals surface area contributed by atoms with Crippen molar-refractivity contribution in [1.82, 2.24) is 20.5 Å². The molecule has 6 nitrogen and oxygen atoms in total. The molecule has 2 aromatic rings. The molecule has 0 bridgehead atoms. The number of H-pyrrole nitrogens is 1. The van der Waals surface area contributed by atoms with E-state index in [4.69, 9.17) is 0 Å². The number of aromatic amines is 1. The fourth-order valence-corrected chi connectivity index (χ4v) is 1.73. The van der Waals surface area contributed by atoms with Gasteiger partial charge in [-0.25, -0.2) is 0 Å². The van der Waals surface area contributed by atoms with Crippen LogP contribution in [-0.4, -0.2) is 27.6 Å². The number of anilines is 1. The maximum Gasteiger partial charge on any atom is 0.255 e. The molecule has 0 fully saturated rings. The number of hydrogen-bond acceptors (Lipinski definition) is 4. The monoisotopic (exact) mass is 259 g/mol. The molecule has 2 rings (SSSR count). The molecule has 3 N–H and O–H groups in total. The van der Waals surface area contributed by atoms with Crippen LogP contribution in [0.25, 0.3) is 0 Å². The zero-order chi connectivity index (χ0) is 13.7. The third kappa shape index (κ3) is 3.31. The van der Waals surface area contributed by atoms with Crippen LogP contribution in [-0.2, 0) is 6.54 Å². The van der Waals surface area contributed by atoms with Gasteiger partial charge in [0.05, 0.1) is 17.4 Å². The molecule has 0 atom stereocenters. The summed E-state index contributed by atoms with van der Waals surface area (Å²) in [6.45, 7) is 5.08. The molecule has 0 spiro atoms. The third-order valence-electron chi connectivity index (χ3n) is 2.66. The Morgan fingerprint density at radius 2 is 2.26 bits per heavy atom. The summed E-state index contributed by atoms with van der Waals surface area (Å²) in [5.74, 6) is -0.148. The lowest BCUT2D eigenvalue weighted by Gasteiger charge is -2.11. The Morgan fingerprint density at radius 1 is 1.42 bits per heavy atom. The first-order valence-corrected chi connectivity index (χ1v) is 6.17. The summed E-state index contributed by atoms with van der Waals surface area (Å²) in [7, 11) is 0. The van der Waals surface area contributed by atoms with Crippen LogP contribution >= 0.6 is 0 Å². The number of nitrogens with zero attached hydrogens (tertiary/aromatic N) is 2. The van der Waals surface area contributed by atoms with Gasteiger partial charge in [0.2, 0.25) is 0 Å². The molecule has 100 valence electrons. The molecule has 2 aromatic heterocycles. The van der Waals surface area contributed by atoms with Crippen LogP contribution in [0.3, 0.4) is 0 Å². The second-order valence-electron chi connectivity index (χ2n) is 4.19. The molecule has 0 aliphatic carbocycles. The molecule has 0 unspecified atom stereocenters. The summed E-state index contributed by atoms with van der Waals surface area (Å²) in [4.78, 5) is 16.3. The van der Waals surface area contributed by atoms with E-state index in [1.807, 2.05) is 19.9 Å². The number of carbonyl (C=O) groups is 1. The zero-order valence-corrected chi connectivity index (χ0v) is 11.0. The first kappa shape index (κ1) is 13.1. The number of hydrogen-bond donors (Lipinski definition) is 3. The molecular weight excluding hydrogens is 242 g/mol. The Hall–Kier alpha value is -2.37. The fourth-order valence-electron chi connectivity index (χ4n) is 1.73. The summed E-state index contributed by atoms with van der Waals surface area (Å²) in [5, 5.41) is 12.5. The average molecular weight is 259 g/mol. The quantitative estimate of drug-likeness (QED) is 0.759. The first-order valence-electron chi connectivity index (χ1n) is 6.17. The van der Waals surface area contributed by atoms with Crippen molar-refractivity contribution >= 4 is 11.6 Å². The van der Waals surface area contributed by atoms with Crippen LogP contribution in [0.15, 0.2) is 24.7 Å². The summed E-state index contributed by atoms with van der Waals surface area (Å²) in [6, 6.07) is 1.87. The van der Waals surface area contributed by atoms with Crippen LogP contribution in [0.5, 0.6) is 0 Å². The number of carbonyl (C=O) groups excluding carboxylic acids is 1. The van der Waals surface area contributed by atoms with Crippen molar-refractivity contribution in [1.29, 1.82) is 0 Å². The summed E-state index contributed by atoms with van der Waals surface area (Å²) >= 11 is 0. The Morgan fingerprint density at radius 3 is 2.95 bits per heavy atom. The molecule has 19 heavy (non-hydrogen) atoms. The van der Waals surface area contributed by atoms with Crippen LogP contribution in [0.1, 0.15) is 28.5 Å². The van der Waals surface area contributed by atoms with Crippen molar-refractivity contribution in [2.24, 2.45) is 0 Å². The van der Waals surface area contributed by atoms with Gasteiger partial charge in [-0.05, 0) is 19.9 Å². The first-order chi connectivity index (χ1) is 9.20. The van der Waals surface area contributed by atoms with E-state index in [-0.39, 0.29) is 5.91 Å². The highest BCUT2D eigenvalue weighted by molar-refractivity contribution is 5.99. The fraction of sp³-hybridized carbons (Fsp3) is 0.308. The van der Waals surface area contributed by atoms with Gasteiger partial charge in [-0.3, -0.25) is 14.9 Å². The molecule has 6 heteroatoms. The highest BCUT2D eigenvalue weighted by atomic mass is 16.1. The van der Waals surface area contributed by atoms with Gasteiger partial charge in [0, 0.05) is 36.7 Å². The highest BCUT2D eigenvalue weighted by Crippen LogP contribution is 2.15. The lowest BCUT2D eigenvalue weighted by molar-refractivity contribution is 0.0951. The van der Waals surface area contributed by atoms with Gasteiger partial charge in [0.15, 0.2) is 0 Å². The molecular formula is C13H17N5O. The topological polar surface area (TPSA) is 82.7 Å². The van der Waals surface area contributed by atoms with Gasteiger partial charge in [0.25, 0.3) is 5.91 Å². The second kappa shape index (κ2) is 5.99. The summed E-state index contributed by atoms with van der Waals surface area (Å²) < 4.78 is 0. The van der Waals surface area contributed by atoms with E-state index in [1.54, 1.807) is 18.6 Å². The number of pyridine rings is 1. The number of aromatic nitrogens is 3. The van der Waals surface area contributed by atoms with Crippen molar-refractivity contribution in [2.45, 2.75) is 20.4 Å². The van der Waals surface area contributed by atoms with Crippen molar-refractivity contribution in [3.8, 4) is 0 Å². The van der Waals surface area contributed by atoms with E-state index in [0.29, 0.717) is 12.1 Å². The molecule has 0 radical (unpaired) electrons. The number of amides is 1. The number of rotatable bonds is 5. The number of aryl methyl sites for hydroxylation is 1. The SMILES string of the molecule is CCNc1cc(C)ncc1C(=O)NCc1cn[nH]c1. The molecule has 0 aliphatic heterocycles. The van der Waals surface area contributed by atoms with E-state index in [9.17, 15) is 4.79 Å². The molecule has 1 amide bonds. The summed E-state index contributed by atoms with van der Waals surface area (Å²) in [5.41, 5.74) is 3.16. The van der Waals surface area contributed by atoms with E-state index in [1.165, 1.54) is 0 Å². The average Bonchev–Trinajstić information content (AvgIpc) is 2.90. The molecule has 0 aromatic carbocycles. The molecule has 0 saturated heterocycles. The Balaban J connectivity index is 2.09. The van der Waals surface area contributed by atoms with Gasteiger partial charge < -0.3 is 10.6 Å². The predicted octanol–water partition coefficient (Wildman–Crippen LogP) is 1.47. The minimum Gasteiger partial charge on any atom is -0.385 e. The molecule has 2 heterocycles. The predicted molar refractivity (Wildman–Crippen MR) is 72.9 cm³/mol. The smallest absolute Gasteiger partial charge is 0.255 e. The van der Waals surface area contributed by atoms with Crippen molar-refractivity contribution < 1.29 is 4.79 Å². The lowest BCUT2D eigenvalue weighted by Crippen LogP contribution is -2.24. The summed E-state index contributed by atoms with van der Waals surface area (Å²) in [6.07, 6.45) is 5.02. The maximum atomic E-state index is 12.1. The minimum atomic E-state index is -0.148. The van der Waals surface area contributed by atoms with Crippen LogP contribution in [0, 0.1) is 6.92 Å². The van der Waals surface area contributed by atoms with Crippen molar-refractivity contribution in [3.63, 3.8) is 0 Å². The van der Waals surface area contributed by atoms with Crippen LogP contribution in [0.2, 0.25) is 0 Å². The van der Waals surface area contributed by atoms with Gasteiger partial charge in [-0.15, -0.1) is 0 Å². The van der Waals surface area contributed by atoms with Gasteiger partial charge in [-0.2, -0.15) is 5.10 Å². The van der Waals surface area contributed by atoms with E-state index >= 15 is 0 Å². The number of nitrogens with one attached hydrogen (secondary N) is 3. The normalized spacial score (nSPS) is 10.2. The van der Waals surface area contributed by atoms with Crippen LogP contribution in [0.4, 0.5) is 5.69 Å². The second-order valence-corrected chi connectivity index (χ2v) is 4.19. The van der Waals surface area contributed by atoms with E-state index < -0.39 is 0 Å². The highest BCUT2D eigenvalue weighted by Gasteiger charge is 2.11. The van der Waals surface area contributed by atoms with Crippen molar-refractivity contribution in [3.05, 3.63) is 41.5 Å². The Bertz CT molecular complexity index is 550. The van der Waals surface area contributed by atoms with Gasteiger partial charge in [-0.1, -0.05) is 0 Å². The third-order valence-corrected chi connectivity index (χ3v) is 2.66. The minimum absolute atomic E-state index is 0.148. The Labute approximate surface area is 111 Å². The van der Waals surface area contributed by atoms with Gasteiger partial charge >= 0.3 is 0 Å². The van der Waals surface area contributed by atoms with E-state index in [0.717, 1.165) is 23.5 Å². The molecule has 0 saturated carbocycles. The maximum absolute atomic E-state index is 12.1. The largest absolute Gasteiger partial charge is 0.385 e. The van der Waals surface area contributed by atoms with Crippen LogP contribution < -0.4 is 10.6 Å². The zero-order valence-electron chi connectivity index (χ0n) is 11.0. The lowest BCUT2D eigenvalue weighted by atomic mass is 10.2. The Kier molecular flexibility index (Phi) is 4.12. The molecule has 0 aliphatic rings. The van der Waals surface area contributed by atoms with E-state index in [2.05, 4.69) is 25.8 Å². The van der Waals surface area contributed by atoms with Crippen molar-refractivity contribution in [2.75, 3.05) is 11.9 Å².